The highest BCUT2D eigenvalue weighted by Gasteiger charge is 2.36. The Balaban J connectivity index is 2.18. The molecule has 1 atom stereocenters. The predicted octanol–water partition coefficient (Wildman–Crippen LogP) is 1.53. The molecule has 86 valence electrons. The van der Waals surface area contributed by atoms with Crippen molar-refractivity contribution < 1.29 is 19.1 Å². The van der Waals surface area contributed by atoms with E-state index < -0.39 is 17.9 Å². The number of halogens is 1. The van der Waals surface area contributed by atoms with E-state index in [0.29, 0.717) is 11.6 Å². The minimum absolute atomic E-state index is 0.0683. The average Bonchev–Trinajstić information content (AvgIpc) is 2.84. The Morgan fingerprint density at radius 3 is 2.88 bits per heavy atom. The summed E-state index contributed by atoms with van der Waals surface area (Å²) in [6.07, 6.45) is 0. The molecule has 1 aliphatic heterocycles. The lowest BCUT2D eigenvalue weighted by molar-refractivity contribution is -0.140. The van der Waals surface area contributed by atoms with E-state index in [1.54, 1.807) is 0 Å². The summed E-state index contributed by atoms with van der Waals surface area (Å²) < 4.78 is 4.96. The van der Waals surface area contributed by atoms with Gasteiger partial charge < -0.3 is 14.4 Å². The van der Waals surface area contributed by atoms with Gasteiger partial charge in [0.1, 0.15) is 6.04 Å². The van der Waals surface area contributed by atoms with E-state index in [1.165, 1.54) is 28.8 Å². The van der Waals surface area contributed by atoms with Crippen LogP contribution in [0.15, 0.2) is 16.5 Å². The number of furan rings is 1. The van der Waals surface area contributed by atoms with Crippen molar-refractivity contribution in [1.82, 2.24) is 4.90 Å². The number of carbonyl (C=O) groups excluding carboxylic acids is 1. The van der Waals surface area contributed by atoms with Gasteiger partial charge in [0, 0.05) is 5.75 Å². The van der Waals surface area contributed by atoms with Gasteiger partial charge >= 0.3 is 5.97 Å². The van der Waals surface area contributed by atoms with Crippen LogP contribution in [0.5, 0.6) is 0 Å². The lowest BCUT2D eigenvalue weighted by Gasteiger charge is -2.18. The maximum atomic E-state index is 11.9. The number of carboxylic acids is 1. The Labute approximate surface area is 100 Å². The van der Waals surface area contributed by atoms with Crippen LogP contribution in [0.4, 0.5) is 0 Å². The molecule has 0 unspecified atom stereocenters. The number of hydrogen-bond acceptors (Lipinski definition) is 4. The summed E-state index contributed by atoms with van der Waals surface area (Å²) in [5.74, 6) is -0.622. The summed E-state index contributed by atoms with van der Waals surface area (Å²) in [6.45, 7) is 0. The molecule has 7 heteroatoms. The zero-order chi connectivity index (χ0) is 11.7. The van der Waals surface area contributed by atoms with Crippen LogP contribution < -0.4 is 0 Å². The molecule has 0 aliphatic carbocycles. The van der Waals surface area contributed by atoms with Crippen LogP contribution in [0, 0.1) is 0 Å². The molecule has 1 saturated heterocycles. The standard InChI is InChI=1S/C9H8ClNO4S/c10-7-2-1-6(15-7)8(12)11-4-16-3-5(11)9(13)14/h1-2,5H,3-4H2,(H,13,14)/t5-/m0/s1. The van der Waals surface area contributed by atoms with Crippen LogP contribution in [0.1, 0.15) is 10.6 Å². The summed E-state index contributed by atoms with van der Waals surface area (Å²) in [5, 5.41) is 9.03. The van der Waals surface area contributed by atoms with E-state index in [4.69, 9.17) is 21.1 Å². The van der Waals surface area contributed by atoms with Gasteiger partial charge in [0.05, 0.1) is 5.88 Å². The number of aliphatic carboxylic acids is 1. The Morgan fingerprint density at radius 2 is 2.31 bits per heavy atom. The Kier molecular flexibility index (Phi) is 3.11. The molecule has 1 amide bonds. The highest BCUT2D eigenvalue weighted by atomic mass is 35.5. The van der Waals surface area contributed by atoms with Gasteiger partial charge in [0.25, 0.3) is 5.91 Å². The van der Waals surface area contributed by atoms with E-state index in [0.717, 1.165) is 0 Å². The smallest absolute Gasteiger partial charge is 0.327 e. The van der Waals surface area contributed by atoms with E-state index in [9.17, 15) is 9.59 Å². The molecule has 1 N–H and O–H groups in total. The maximum Gasteiger partial charge on any atom is 0.327 e. The van der Waals surface area contributed by atoms with Gasteiger partial charge in [-0.2, -0.15) is 0 Å². The molecular weight excluding hydrogens is 254 g/mol. The topological polar surface area (TPSA) is 70.8 Å². The van der Waals surface area contributed by atoms with Gasteiger partial charge in [0.2, 0.25) is 0 Å². The molecule has 0 bridgehead atoms. The first kappa shape index (κ1) is 11.3. The summed E-state index contributed by atoms with van der Waals surface area (Å²) in [7, 11) is 0. The van der Waals surface area contributed by atoms with Gasteiger partial charge in [0.15, 0.2) is 11.0 Å². The van der Waals surface area contributed by atoms with Crippen LogP contribution in [-0.2, 0) is 4.79 Å². The number of carbonyl (C=O) groups is 2. The van der Waals surface area contributed by atoms with E-state index in [1.807, 2.05) is 0 Å². The lowest BCUT2D eigenvalue weighted by atomic mass is 10.3. The number of amides is 1. The third-order valence-electron chi connectivity index (χ3n) is 2.21. The van der Waals surface area contributed by atoms with Crippen LogP contribution in [0.3, 0.4) is 0 Å². The molecule has 5 nitrogen and oxygen atoms in total. The largest absolute Gasteiger partial charge is 0.480 e. The van der Waals surface area contributed by atoms with E-state index >= 15 is 0 Å². The van der Waals surface area contributed by atoms with Gasteiger partial charge in [-0.05, 0) is 23.7 Å². The van der Waals surface area contributed by atoms with Crippen molar-refractivity contribution in [3.8, 4) is 0 Å². The van der Waals surface area contributed by atoms with Crippen molar-refractivity contribution in [1.29, 1.82) is 0 Å². The first-order valence-electron chi connectivity index (χ1n) is 4.46. The highest BCUT2D eigenvalue weighted by molar-refractivity contribution is 7.99. The Hall–Kier alpha value is -1.14. The molecule has 0 saturated carbocycles. The summed E-state index contributed by atoms with van der Waals surface area (Å²) in [6, 6.07) is 2.10. The average molecular weight is 262 g/mol. The zero-order valence-electron chi connectivity index (χ0n) is 8.05. The van der Waals surface area contributed by atoms with Crippen LogP contribution in [0.2, 0.25) is 5.22 Å². The second-order valence-electron chi connectivity index (χ2n) is 3.23. The van der Waals surface area contributed by atoms with Gasteiger partial charge in [-0.15, -0.1) is 11.8 Å². The number of carboxylic acid groups (broad SMARTS) is 1. The molecule has 0 aromatic carbocycles. The van der Waals surface area contributed by atoms with Crippen LogP contribution in [0.25, 0.3) is 0 Å². The molecule has 1 aliphatic rings. The quantitative estimate of drug-likeness (QED) is 0.874. The molecule has 16 heavy (non-hydrogen) atoms. The fourth-order valence-corrected chi connectivity index (χ4v) is 2.71. The van der Waals surface area contributed by atoms with Gasteiger partial charge in [-0.3, -0.25) is 4.79 Å². The molecule has 1 fully saturated rings. The van der Waals surface area contributed by atoms with Crippen molar-refractivity contribution >= 4 is 35.2 Å². The van der Waals surface area contributed by atoms with Crippen LogP contribution in [-0.4, -0.2) is 39.6 Å². The third kappa shape index (κ3) is 2.03. The van der Waals surface area contributed by atoms with Crippen molar-refractivity contribution in [2.75, 3.05) is 11.6 Å². The highest BCUT2D eigenvalue weighted by Crippen LogP contribution is 2.24. The van der Waals surface area contributed by atoms with Crippen molar-refractivity contribution in [2.45, 2.75) is 6.04 Å². The summed E-state index contributed by atoms with van der Waals surface area (Å²) >= 11 is 6.95. The van der Waals surface area contributed by atoms with E-state index in [2.05, 4.69) is 0 Å². The minimum Gasteiger partial charge on any atom is -0.480 e. The SMILES string of the molecule is O=C(O)[C@@H]1CSCN1C(=O)c1ccc(Cl)o1. The lowest BCUT2D eigenvalue weighted by Crippen LogP contribution is -2.41. The monoisotopic (exact) mass is 261 g/mol. The molecule has 2 heterocycles. The summed E-state index contributed by atoms with van der Waals surface area (Å²) in [4.78, 5) is 24.0. The Morgan fingerprint density at radius 1 is 1.56 bits per heavy atom. The molecule has 0 radical (unpaired) electrons. The molecule has 1 aromatic rings. The minimum atomic E-state index is -1.00. The molecule has 2 rings (SSSR count). The number of thioether (sulfide) groups is 1. The van der Waals surface area contributed by atoms with Crippen LogP contribution >= 0.6 is 23.4 Å². The fourth-order valence-electron chi connectivity index (χ4n) is 1.42. The maximum absolute atomic E-state index is 11.9. The number of nitrogens with zero attached hydrogens (tertiary/aromatic N) is 1. The van der Waals surface area contributed by atoms with Crippen molar-refractivity contribution in [3.05, 3.63) is 23.1 Å². The molecular formula is C9H8ClNO4S. The number of hydrogen-bond donors (Lipinski definition) is 1. The first-order valence-corrected chi connectivity index (χ1v) is 5.99. The molecule has 0 spiro atoms. The van der Waals surface area contributed by atoms with Gasteiger partial charge in [-0.1, -0.05) is 0 Å². The zero-order valence-corrected chi connectivity index (χ0v) is 9.62. The second kappa shape index (κ2) is 4.39. The molecule has 1 aromatic heterocycles. The normalized spacial score (nSPS) is 20.1. The predicted molar refractivity (Wildman–Crippen MR) is 58.6 cm³/mol. The van der Waals surface area contributed by atoms with Crippen molar-refractivity contribution in [3.63, 3.8) is 0 Å². The number of rotatable bonds is 2. The summed E-state index contributed by atoms with van der Waals surface area (Å²) in [5.41, 5.74) is 0. The third-order valence-corrected chi connectivity index (χ3v) is 3.43. The Bertz CT molecular complexity index is 433. The second-order valence-corrected chi connectivity index (χ2v) is 4.60. The van der Waals surface area contributed by atoms with Gasteiger partial charge in [-0.25, -0.2) is 4.79 Å². The van der Waals surface area contributed by atoms with E-state index in [-0.39, 0.29) is 11.0 Å². The first-order chi connectivity index (χ1) is 7.59. The fraction of sp³-hybridized carbons (Fsp3) is 0.333. The van der Waals surface area contributed by atoms with Crippen molar-refractivity contribution in [2.24, 2.45) is 0 Å².